The first-order chi connectivity index (χ1) is 9.84. The van der Waals surface area contributed by atoms with Crippen molar-refractivity contribution in [1.29, 1.82) is 0 Å². The number of aryl methyl sites for hydroxylation is 3. The van der Waals surface area contributed by atoms with Gasteiger partial charge in [0.05, 0.1) is 5.54 Å². The van der Waals surface area contributed by atoms with Crippen LogP contribution in [0.5, 0.6) is 0 Å². The highest BCUT2D eigenvalue weighted by Crippen LogP contribution is 2.27. The van der Waals surface area contributed by atoms with E-state index in [0.717, 1.165) is 24.2 Å². The van der Waals surface area contributed by atoms with Crippen LogP contribution < -0.4 is 0 Å². The molecule has 21 heavy (non-hydrogen) atoms. The second-order valence-electron chi connectivity index (χ2n) is 7.04. The van der Waals surface area contributed by atoms with E-state index in [9.17, 15) is 4.79 Å². The lowest BCUT2D eigenvalue weighted by atomic mass is 9.87. The fourth-order valence-corrected chi connectivity index (χ4v) is 3.31. The first kappa shape index (κ1) is 16.2. The maximum atomic E-state index is 13.1. The standard InChI is InChI=1S/C19H29NO/c1-14-12-16(3)17(13-15(14)2)18(21)19(4,5)20-10-8-6-7-9-11-20/h12-13H,6-11H2,1-5H3. The number of Topliss-reactive ketones (excluding diaryl/α,β-unsaturated/α-hetero) is 1. The van der Waals surface area contributed by atoms with Crippen molar-refractivity contribution < 1.29 is 4.79 Å². The molecule has 1 aromatic rings. The number of rotatable bonds is 3. The third-order valence-electron chi connectivity index (χ3n) is 5.04. The number of nitrogens with zero attached hydrogens (tertiary/aromatic N) is 1. The van der Waals surface area contributed by atoms with Crippen LogP contribution in [0.2, 0.25) is 0 Å². The lowest BCUT2D eigenvalue weighted by molar-refractivity contribution is 0.0649. The molecule has 2 rings (SSSR count). The highest BCUT2D eigenvalue weighted by atomic mass is 16.1. The van der Waals surface area contributed by atoms with Crippen molar-refractivity contribution >= 4 is 5.78 Å². The predicted octanol–water partition coefficient (Wildman–Crippen LogP) is 4.45. The van der Waals surface area contributed by atoms with Gasteiger partial charge in [0.25, 0.3) is 0 Å². The molecule has 0 unspecified atom stereocenters. The van der Waals surface area contributed by atoms with E-state index in [1.807, 2.05) is 0 Å². The highest BCUT2D eigenvalue weighted by molar-refractivity contribution is 6.04. The van der Waals surface area contributed by atoms with Gasteiger partial charge >= 0.3 is 0 Å². The highest BCUT2D eigenvalue weighted by Gasteiger charge is 2.35. The second kappa shape index (κ2) is 6.31. The van der Waals surface area contributed by atoms with Crippen LogP contribution in [-0.4, -0.2) is 29.3 Å². The molecule has 0 atom stereocenters. The Balaban J connectivity index is 2.31. The first-order valence-electron chi connectivity index (χ1n) is 8.21. The molecule has 0 spiro atoms. The molecule has 0 amide bonds. The molecule has 2 heteroatoms. The zero-order valence-electron chi connectivity index (χ0n) is 14.3. The van der Waals surface area contributed by atoms with E-state index in [1.165, 1.54) is 36.8 Å². The third kappa shape index (κ3) is 3.37. The summed E-state index contributed by atoms with van der Waals surface area (Å²) in [6, 6.07) is 4.22. The third-order valence-corrected chi connectivity index (χ3v) is 5.04. The number of benzene rings is 1. The summed E-state index contributed by atoms with van der Waals surface area (Å²) < 4.78 is 0. The molecule has 0 bridgehead atoms. The maximum Gasteiger partial charge on any atom is 0.182 e. The van der Waals surface area contributed by atoms with Gasteiger partial charge in [0.1, 0.15) is 0 Å². The zero-order valence-corrected chi connectivity index (χ0v) is 14.3. The van der Waals surface area contributed by atoms with Crippen molar-refractivity contribution in [3.63, 3.8) is 0 Å². The van der Waals surface area contributed by atoms with Gasteiger partial charge in [-0.15, -0.1) is 0 Å². The molecule has 2 nitrogen and oxygen atoms in total. The van der Waals surface area contributed by atoms with Crippen LogP contribution in [0, 0.1) is 20.8 Å². The number of ketones is 1. The Hall–Kier alpha value is -1.15. The topological polar surface area (TPSA) is 20.3 Å². The van der Waals surface area contributed by atoms with Gasteiger partial charge in [0.2, 0.25) is 0 Å². The molecule has 1 fully saturated rings. The molecular formula is C19H29NO. The van der Waals surface area contributed by atoms with Crippen LogP contribution in [0.4, 0.5) is 0 Å². The molecule has 1 saturated heterocycles. The summed E-state index contributed by atoms with van der Waals surface area (Å²) in [6.45, 7) is 12.5. The molecule has 0 aromatic heterocycles. The van der Waals surface area contributed by atoms with Gasteiger partial charge < -0.3 is 0 Å². The van der Waals surface area contributed by atoms with Gasteiger partial charge in [-0.05, 0) is 83.3 Å². The van der Waals surface area contributed by atoms with Gasteiger partial charge in [0.15, 0.2) is 5.78 Å². The van der Waals surface area contributed by atoms with Gasteiger partial charge in [-0.25, -0.2) is 0 Å². The molecule has 0 saturated carbocycles. The van der Waals surface area contributed by atoms with E-state index in [1.54, 1.807) is 0 Å². The van der Waals surface area contributed by atoms with E-state index in [-0.39, 0.29) is 5.78 Å². The number of hydrogen-bond acceptors (Lipinski definition) is 2. The average molecular weight is 287 g/mol. The Morgan fingerprint density at radius 2 is 1.43 bits per heavy atom. The summed E-state index contributed by atoms with van der Waals surface area (Å²) in [4.78, 5) is 15.5. The fourth-order valence-electron chi connectivity index (χ4n) is 3.31. The Labute approximate surface area is 129 Å². The molecule has 0 radical (unpaired) electrons. The minimum atomic E-state index is -0.406. The van der Waals surface area contributed by atoms with Crippen molar-refractivity contribution in [3.05, 3.63) is 34.4 Å². The van der Waals surface area contributed by atoms with Crippen LogP contribution in [0.1, 0.15) is 66.6 Å². The van der Waals surface area contributed by atoms with Crippen molar-refractivity contribution in [2.75, 3.05) is 13.1 Å². The smallest absolute Gasteiger partial charge is 0.182 e. The summed E-state index contributed by atoms with van der Waals surface area (Å²) in [5.74, 6) is 0.269. The minimum absolute atomic E-state index is 0.269. The molecule has 1 aliphatic heterocycles. The molecule has 1 aromatic carbocycles. The van der Waals surface area contributed by atoms with E-state index < -0.39 is 5.54 Å². The summed E-state index contributed by atoms with van der Waals surface area (Å²) in [6.07, 6.45) is 5.01. The average Bonchev–Trinajstić information content (AvgIpc) is 2.71. The van der Waals surface area contributed by atoms with E-state index in [2.05, 4.69) is 51.7 Å². The lowest BCUT2D eigenvalue weighted by Crippen LogP contribution is -2.50. The number of carbonyl (C=O) groups is 1. The van der Waals surface area contributed by atoms with Crippen molar-refractivity contribution in [2.24, 2.45) is 0 Å². The van der Waals surface area contributed by atoms with Crippen LogP contribution >= 0.6 is 0 Å². The van der Waals surface area contributed by atoms with Gasteiger partial charge in [0, 0.05) is 5.56 Å². The quantitative estimate of drug-likeness (QED) is 0.766. The normalized spacial score (nSPS) is 17.6. The largest absolute Gasteiger partial charge is 0.292 e. The Bertz CT molecular complexity index is 523. The summed E-state index contributed by atoms with van der Waals surface area (Å²) >= 11 is 0. The maximum absolute atomic E-state index is 13.1. The van der Waals surface area contributed by atoms with Crippen molar-refractivity contribution in [1.82, 2.24) is 4.90 Å². The minimum Gasteiger partial charge on any atom is -0.292 e. The Morgan fingerprint density at radius 1 is 0.905 bits per heavy atom. The molecule has 1 heterocycles. The number of likely N-dealkylation sites (tertiary alicyclic amines) is 1. The molecule has 0 N–H and O–H groups in total. The van der Waals surface area contributed by atoms with Gasteiger partial charge in [-0.1, -0.05) is 18.9 Å². The monoisotopic (exact) mass is 287 g/mol. The van der Waals surface area contributed by atoms with Gasteiger partial charge in [-0.3, -0.25) is 9.69 Å². The summed E-state index contributed by atoms with van der Waals surface area (Å²) in [5.41, 5.74) is 4.06. The molecule has 0 aliphatic carbocycles. The molecule has 1 aliphatic rings. The number of carbonyl (C=O) groups excluding carboxylic acids is 1. The van der Waals surface area contributed by atoms with Crippen LogP contribution in [0.15, 0.2) is 12.1 Å². The van der Waals surface area contributed by atoms with E-state index in [0.29, 0.717) is 0 Å². The zero-order chi connectivity index (χ0) is 15.6. The Morgan fingerprint density at radius 3 is 2.00 bits per heavy atom. The lowest BCUT2D eigenvalue weighted by Gasteiger charge is -2.37. The van der Waals surface area contributed by atoms with Crippen LogP contribution in [0.25, 0.3) is 0 Å². The SMILES string of the molecule is Cc1cc(C)c(C(=O)C(C)(C)N2CCCCCC2)cc1C. The second-order valence-corrected chi connectivity index (χ2v) is 7.04. The van der Waals surface area contributed by atoms with E-state index >= 15 is 0 Å². The van der Waals surface area contributed by atoms with Crippen LogP contribution in [-0.2, 0) is 0 Å². The van der Waals surface area contributed by atoms with Crippen LogP contribution in [0.3, 0.4) is 0 Å². The summed E-state index contributed by atoms with van der Waals surface area (Å²) in [7, 11) is 0. The fraction of sp³-hybridized carbons (Fsp3) is 0.632. The predicted molar refractivity (Wildman–Crippen MR) is 89.1 cm³/mol. The van der Waals surface area contributed by atoms with Crippen molar-refractivity contribution in [3.8, 4) is 0 Å². The summed E-state index contributed by atoms with van der Waals surface area (Å²) in [5, 5.41) is 0. The first-order valence-corrected chi connectivity index (χ1v) is 8.21. The van der Waals surface area contributed by atoms with Crippen molar-refractivity contribution in [2.45, 2.75) is 65.8 Å². The number of hydrogen-bond donors (Lipinski definition) is 0. The molecule has 116 valence electrons. The Kier molecular flexibility index (Phi) is 4.88. The van der Waals surface area contributed by atoms with E-state index in [4.69, 9.17) is 0 Å². The molecular weight excluding hydrogens is 258 g/mol. The van der Waals surface area contributed by atoms with Gasteiger partial charge in [-0.2, -0.15) is 0 Å².